The Morgan fingerprint density at radius 1 is 1.27 bits per heavy atom. The lowest BCUT2D eigenvalue weighted by molar-refractivity contribution is -0.387. The van der Waals surface area contributed by atoms with E-state index < -0.39 is 16.9 Å². The highest BCUT2D eigenvalue weighted by atomic mass is 32.2. The molecule has 1 aromatic heterocycles. The van der Waals surface area contributed by atoms with Crippen LogP contribution in [0.2, 0.25) is 0 Å². The maximum Gasteiger partial charge on any atom is 0.338 e. The number of aryl methyl sites for hydroxylation is 1. The van der Waals surface area contributed by atoms with Crippen molar-refractivity contribution in [3.05, 3.63) is 100 Å². The molecular formula is C26H25N3O6S2. The summed E-state index contributed by atoms with van der Waals surface area (Å²) < 4.78 is 7.12. The Bertz CT molecular complexity index is 1570. The van der Waals surface area contributed by atoms with Crippen molar-refractivity contribution in [2.75, 3.05) is 19.0 Å². The third kappa shape index (κ3) is 5.43. The Morgan fingerprint density at radius 3 is 2.65 bits per heavy atom. The van der Waals surface area contributed by atoms with Crippen LogP contribution in [0.5, 0.6) is 0 Å². The molecule has 0 spiro atoms. The van der Waals surface area contributed by atoms with E-state index in [2.05, 4.69) is 4.99 Å². The maximum absolute atomic E-state index is 13.7. The number of hydrogen-bond donors (Lipinski definition) is 1. The molecule has 0 amide bonds. The average molecular weight is 540 g/mol. The second-order valence-corrected chi connectivity index (χ2v) is 10.4. The van der Waals surface area contributed by atoms with Crippen LogP contribution in [0.25, 0.3) is 6.08 Å². The molecule has 37 heavy (non-hydrogen) atoms. The van der Waals surface area contributed by atoms with Crippen LogP contribution in [-0.2, 0) is 9.53 Å². The van der Waals surface area contributed by atoms with Gasteiger partial charge in [0.05, 0.1) is 44.9 Å². The quantitative estimate of drug-likeness (QED) is 0.202. The lowest BCUT2D eigenvalue weighted by Crippen LogP contribution is -2.39. The van der Waals surface area contributed by atoms with E-state index in [1.54, 1.807) is 32.1 Å². The van der Waals surface area contributed by atoms with Gasteiger partial charge in [0.15, 0.2) is 4.80 Å². The summed E-state index contributed by atoms with van der Waals surface area (Å²) in [6.07, 6.45) is 1.59. The van der Waals surface area contributed by atoms with E-state index in [9.17, 15) is 19.7 Å². The number of aliphatic hydroxyl groups is 1. The number of thioether (sulfide) groups is 1. The molecule has 2 aromatic carbocycles. The van der Waals surface area contributed by atoms with Gasteiger partial charge in [0.1, 0.15) is 0 Å². The summed E-state index contributed by atoms with van der Waals surface area (Å²) >= 11 is 2.34. The van der Waals surface area contributed by atoms with Gasteiger partial charge in [-0.1, -0.05) is 47.2 Å². The first kappa shape index (κ1) is 26.5. The van der Waals surface area contributed by atoms with Crippen molar-refractivity contribution in [1.29, 1.82) is 0 Å². The van der Waals surface area contributed by atoms with Gasteiger partial charge in [0, 0.05) is 11.8 Å². The molecule has 0 saturated carbocycles. The van der Waals surface area contributed by atoms with E-state index in [0.717, 1.165) is 22.5 Å². The summed E-state index contributed by atoms with van der Waals surface area (Å²) in [5.41, 5.74) is 2.58. The van der Waals surface area contributed by atoms with Crippen LogP contribution in [-0.4, -0.2) is 39.5 Å². The number of carbonyl (C=O) groups excluding carboxylic acids is 1. The van der Waals surface area contributed by atoms with Crippen LogP contribution in [0.4, 0.5) is 5.69 Å². The number of allylic oxidation sites excluding steroid dienone is 1. The third-order valence-electron chi connectivity index (χ3n) is 5.74. The lowest BCUT2D eigenvalue weighted by atomic mass is 9.95. The Hall–Kier alpha value is -3.54. The lowest BCUT2D eigenvalue weighted by Gasteiger charge is -2.24. The van der Waals surface area contributed by atoms with Crippen LogP contribution in [0.3, 0.4) is 0 Å². The molecule has 3 aromatic rings. The SMILES string of the molecule is CCOC(=O)C1=C(C)N=c2sc(=Cc3ccc(SCCO)c([N+](=O)[O-])c3)c(=O)n2C1c1ccc(C)cc1. The highest BCUT2D eigenvalue weighted by Gasteiger charge is 2.33. The molecule has 11 heteroatoms. The Morgan fingerprint density at radius 2 is 2.00 bits per heavy atom. The molecule has 0 radical (unpaired) electrons. The number of nitrogens with zero attached hydrogens (tertiary/aromatic N) is 3. The molecule has 0 bridgehead atoms. The molecular weight excluding hydrogens is 514 g/mol. The Labute approximate surface area is 220 Å². The number of fused-ring (bicyclic) bond motifs is 1. The molecule has 1 N–H and O–H groups in total. The molecule has 192 valence electrons. The zero-order valence-electron chi connectivity index (χ0n) is 20.5. The molecule has 1 aliphatic rings. The third-order valence-corrected chi connectivity index (χ3v) is 7.76. The number of esters is 1. The van der Waals surface area contributed by atoms with Crippen LogP contribution in [0.15, 0.2) is 68.4 Å². The predicted molar refractivity (Wildman–Crippen MR) is 142 cm³/mol. The molecule has 1 atom stereocenters. The van der Waals surface area contributed by atoms with Crippen molar-refractivity contribution < 1.29 is 19.6 Å². The smallest absolute Gasteiger partial charge is 0.338 e. The summed E-state index contributed by atoms with van der Waals surface area (Å²) in [6.45, 7) is 5.48. The molecule has 0 aliphatic carbocycles. The maximum atomic E-state index is 13.7. The number of aliphatic hydroxyl groups excluding tert-OH is 1. The van der Waals surface area contributed by atoms with Crippen molar-refractivity contribution in [1.82, 2.24) is 4.57 Å². The number of nitro benzene ring substituents is 1. The zero-order chi connectivity index (χ0) is 26.7. The van der Waals surface area contributed by atoms with Crippen molar-refractivity contribution in [2.45, 2.75) is 31.7 Å². The van der Waals surface area contributed by atoms with Gasteiger partial charge in [-0.05, 0) is 44.0 Å². The van der Waals surface area contributed by atoms with Crippen LogP contribution < -0.4 is 14.9 Å². The number of aromatic nitrogens is 1. The number of benzene rings is 2. The van der Waals surface area contributed by atoms with E-state index in [1.807, 2.05) is 31.2 Å². The van der Waals surface area contributed by atoms with Gasteiger partial charge >= 0.3 is 5.97 Å². The van der Waals surface area contributed by atoms with Crippen molar-refractivity contribution in [3.8, 4) is 0 Å². The molecule has 2 heterocycles. The van der Waals surface area contributed by atoms with E-state index in [0.29, 0.717) is 36.8 Å². The molecule has 0 fully saturated rings. The average Bonchev–Trinajstić information content (AvgIpc) is 3.17. The summed E-state index contributed by atoms with van der Waals surface area (Å²) in [6, 6.07) is 11.6. The molecule has 1 unspecified atom stereocenters. The van der Waals surface area contributed by atoms with Gasteiger partial charge < -0.3 is 9.84 Å². The topological polar surface area (TPSA) is 124 Å². The number of nitro groups is 1. The summed E-state index contributed by atoms with van der Waals surface area (Å²) in [4.78, 5) is 43.2. The van der Waals surface area contributed by atoms with Gasteiger partial charge in [0.2, 0.25) is 0 Å². The first-order valence-corrected chi connectivity index (χ1v) is 13.3. The summed E-state index contributed by atoms with van der Waals surface area (Å²) in [7, 11) is 0. The van der Waals surface area contributed by atoms with E-state index in [1.165, 1.54) is 22.4 Å². The minimum atomic E-state index is -0.718. The zero-order valence-corrected chi connectivity index (χ0v) is 22.1. The van der Waals surface area contributed by atoms with Crippen molar-refractivity contribution in [2.24, 2.45) is 4.99 Å². The summed E-state index contributed by atoms with van der Waals surface area (Å²) in [5.74, 6) is -0.199. The highest BCUT2D eigenvalue weighted by Crippen LogP contribution is 2.32. The van der Waals surface area contributed by atoms with Gasteiger partial charge in [-0.25, -0.2) is 9.79 Å². The Kier molecular flexibility index (Phi) is 8.06. The number of carbonyl (C=O) groups is 1. The standard InChI is InChI=1S/C26H25N3O6S2/c1-4-35-25(32)22-16(3)27-26-28(23(22)18-8-5-15(2)6-9-18)24(31)21(37-26)14-17-7-10-20(36-12-11-30)19(13-17)29(33)34/h5-10,13-14,23,30H,4,11-12H2,1-3H3. The molecule has 1 aliphatic heterocycles. The second-order valence-electron chi connectivity index (χ2n) is 8.27. The molecule has 9 nitrogen and oxygen atoms in total. The first-order chi connectivity index (χ1) is 17.7. The summed E-state index contributed by atoms with van der Waals surface area (Å²) in [5, 5.41) is 20.7. The predicted octanol–water partition coefficient (Wildman–Crippen LogP) is 3.10. The minimum absolute atomic E-state index is 0.0971. The van der Waals surface area contributed by atoms with Crippen molar-refractivity contribution in [3.63, 3.8) is 0 Å². The van der Waals surface area contributed by atoms with E-state index in [4.69, 9.17) is 9.84 Å². The fraction of sp³-hybridized carbons (Fsp3) is 0.269. The monoisotopic (exact) mass is 539 g/mol. The Balaban J connectivity index is 1.88. The second kappa shape index (κ2) is 11.2. The fourth-order valence-corrected chi connectivity index (χ4v) is 5.85. The van der Waals surface area contributed by atoms with Crippen LogP contribution >= 0.6 is 23.1 Å². The number of hydrogen-bond acceptors (Lipinski definition) is 9. The van der Waals surface area contributed by atoms with Crippen LogP contribution in [0.1, 0.15) is 36.6 Å². The van der Waals surface area contributed by atoms with Gasteiger partial charge in [-0.3, -0.25) is 19.5 Å². The van der Waals surface area contributed by atoms with Crippen LogP contribution in [0, 0.1) is 17.0 Å². The van der Waals surface area contributed by atoms with Gasteiger partial charge in [-0.15, -0.1) is 11.8 Å². The van der Waals surface area contributed by atoms with E-state index in [-0.39, 0.29) is 24.5 Å². The number of thiazole rings is 1. The van der Waals surface area contributed by atoms with Gasteiger partial charge in [-0.2, -0.15) is 0 Å². The number of ether oxygens (including phenoxy) is 1. The molecule has 4 rings (SSSR count). The van der Waals surface area contributed by atoms with E-state index >= 15 is 0 Å². The van der Waals surface area contributed by atoms with Gasteiger partial charge in [0.25, 0.3) is 11.2 Å². The number of rotatable bonds is 8. The van der Waals surface area contributed by atoms with Crippen molar-refractivity contribution >= 4 is 40.8 Å². The molecule has 0 saturated heterocycles. The fourth-order valence-electron chi connectivity index (χ4n) is 4.05. The first-order valence-electron chi connectivity index (χ1n) is 11.5. The largest absolute Gasteiger partial charge is 0.463 e. The highest BCUT2D eigenvalue weighted by molar-refractivity contribution is 7.99. The minimum Gasteiger partial charge on any atom is -0.463 e. The normalized spacial score (nSPS) is 15.4.